The van der Waals surface area contributed by atoms with E-state index in [0.29, 0.717) is 65.6 Å². The van der Waals surface area contributed by atoms with Crippen molar-refractivity contribution in [2.45, 2.75) is 29.6 Å². The number of hydrogen-bond donors (Lipinski definition) is 3. The molecule has 2 saturated heterocycles. The van der Waals surface area contributed by atoms with E-state index in [0.717, 1.165) is 11.1 Å². The van der Waals surface area contributed by atoms with Crippen LogP contribution in [0.4, 0.5) is 0 Å². The first-order chi connectivity index (χ1) is 20.3. The number of aliphatic hydroxyl groups is 1. The molecular weight excluding hydrogens is 595 g/mol. The number of nitrogens with zero attached hydrogens (tertiary/aromatic N) is 2. The third kappa shape index (κ3) is 6.44. The molecule has 42 heavy (non-hydrogen) atoms. The van der Waals surface area contributed by atoms with Gasteiger partial charge < -0.3 is 19.3 Å². The summed E-state index contributed by atoms with van der Waals surface area (Å²) in [5, 5.41) is 18.1. The summed E-state index contributed by atoms with van der Waals surface area (Å²) in [4.78, 5) is 19.4. The lowest BCUT2D eigenvalue weighted by atomic mass is 9.95. The van der Waals surface area contributed by atoms with Crippen LogP contribution in [0.3, 0.4) is 0 Å². The molecule has 0 bridgehead atoms. The van der Waals surface area contributed by atoms with E-state index in [4.69, 9.17) is 27.9 Å². The monoisotopic (exact) mass is 630 g/mol. The highest BCUT2D eigenvalue weighted by atomic mass is 35.5. The molecule has 0 aromatic heterocycles. The summed E-state index contributed by atoms with van der Waals surface area (Å²) in [6.07, 6.45) is 1.62. The smallest absolute Gasteiger partial charge is 0.262 e. The molecule has 3 aromatic rings. The van der Waals surface area contributed by atoms with Crippen LogP contribution < -0.4 is 15.4 Å². The van der Waals surface area contributed by atoms with E-state index in [1.165, 1.54) is 0 Å². The van der Waals surface area contributed by atoms with Crippen LogP contribution in [0, 0.1) is 0 Å². The van der Waals surface area contributed by atoms with Crippen molar-refractivity contribution in [1.82, 2.24) is 20.4 Å². The highest BCUT2D eigenvalue weighted by molar-refractivity contribution is 7.90. The summed E-state index contributed by atoms with van der Waals surface area (Å²) < 4.78 is 18.5. The van der Waals surface area contributed by atoms with Crippen LogP contribution in [0.1, 0.15) is 35.7 Å². The van der Waals surface area contributed by atoms with Gasteiger partial charge in [0, 0.05) is 54.4 Å². The Hall–Kier alpha value is -2.34. The standard InChI is InChI=1S/C31H36Cl2N4O4S/c1-3-41-27-20-25(42(2)40)12-13-26(27)31(30(39)37-16-14-36(15-17-37)18-19-38)34-28(21-4-8-23(32)9-5-21)29(35-31)22-6-10-24(33)11-7-22/h4-13,20,28-29,34-35,38H,3,14-19H2,1-2H3. The summed E-state index contributed by atoms with van der Waals surface area (Å²) in [5.74, 6) is 0.358. The van der Waals surface area contributed by atoms with Crippen molar-refractivity contribution in [3.8, 4) is 5.75 Å². The maximum Gasteiger partial charge on any atom is 0.262 e. The highest BCUT2D eigenvalue weighted by Gasteiger charge is 2.54. The molecule has 2 aliphatic rings. The SMILES string of the molecule is CCOc1cc([S+](C)[O-])ccc1C1(C(=O)N2CCN(CCO)CC2)NC(c2ccc(Cl)cc2)C(c2ccc(Cl)cc2)N1. The fraction of sp³-hybridized carbons (Fsp3) is 0.387. The lowest BCUT2D eigenvalue weighted by Gasteiger charge is -2.40. The van der Waals surface area contributed by atoms with E-state index in [2.05, 4.69) is 15.5 Å². The lowest BCUT2D eigenvalue weighted by Crippen LogP contribution is -2.62. The number of amides is 1. The van der Waals surface area contributed by atoms with Gasteiger partial charge in [0.1, 0.15) is 12.0 Å². The van der Waals surface area contributed by atoms with Gasteiger partial charge in [-0.2, -0.15) is 0 Å². The summed E-state index contributed by atoms with van der Waals surface area (Å²) in [5.41, 5.74) is 1.17. The first kappa shape index (κ1) is 31.1. The maximum atomic E-state index is 14.8. The number of rotatable bonds is 9. The van der Waals surface area contributed by atoms with Crippen LogP contribution in [0.5, 0.6) is 5.75 Å². The molecule has 224 valence electrons. The summed E-state index contributed by atoms with van der Waals surface area (Å²) in [6.45, 7) is 5.27. The van der Waals surface area contributed by atoms with Gasteiger partial charge in [-0.1, -0.05) is 47.5 Å². The second kappa shape index (κ2) is 13.5. The molecule has 3 atom stereocenters. The maximum absolute atomic E-state index is 14.8. The third-order valence-electron chi connectivity index (χ3n) is 7.92. The second-order valence-corrected chi connectivity index (χ2v) is 12.8. The number of carbonyl (C=O) groups excluding carboxylic acids is 1. The molecule has 2 fully saturated rings. The number of β-amino-alcohol motifs (C(OH)–C–C–N with tert-alkyl or cyclic N) is 1. The van der Waals surface area contributed by atoms with Gasteiger partial charge in [0.05, 0.1) is 25.3 Å². The van der Waals surface area contributed by atoms with E-state index >= 15 is 0 Å². The number of halogens is 2. The first-order valence-corrected chi connectivity index (χ1v) is 16.4. The predicted octanol–water partition coefficient (Wildman–Crippen LogP) is 4.09. The largest absolute Gasteiger partial charge is 0.612 e. The minimum absolute atomic E-state index is 0.0788. The Balaban J connectivity index is 1.64. The number of ether oxygens (including phenoxy) is 1. The van der Waals surface area contributed by atoms with E-state index in [9.17, 15) is 14.5 Å². The van der Waals surface area contributed by atoms with Crippen LogP contribution in [-0.4, -0.2) is 77.6 Å². The highest BCUT2D eigenvalue weighted by Crippen LogP contribution is 2.45. The molecule has 3 unspecified atom stereocenters. The van der Waals surface area contributed by atoms with Crippen LogP contribution >= 0.6 is 23.2 Å². The molecule has 1 amide bonds. The van der Waals surface area contributed by atoms with E-state index in [-0.39, 0.29) is 24.6 Å². The molecule has 3 aromatic carbocycles. The van der Waals surface area contributed by atoms with Crippen LogP contribution in [0.2, 0.25) is 10.0 Å². The van der Waals surface area contributed by atoms with E-state index < -0.39 is 16.8 Å². The van der Waals surface area contributed by atoms with Gasteiger partial charge in [0.25, 0.3) is 5.91 Å². The quantitative estimate of drug-likeness (QED) is 0.306. The number of nitrogens with one attached hydrogen (secondary N) is 2. The Kier molecular flexibility index (Phi) is 10.0. The average Bonchev–Trinajstić information content (AvgIpc) is 3.40. The normalized spacial score (nSPS) is 23.6. The summed E-state index contributed by atoms with van der Waals surface area (Å²) in [7, 11) is 0. The molecule has 5 rings (SSSR count). The lowest BCUT2D eigenvalue weighted by molar-refractivity contribution is -0.141. The molecule has 0 saturated carbocycles. The molecule has 3 N–H and O–H groups in total. The molecular formula is C31H36Cl2N4O4S. The molecule has 11 heteroatoms. The van der Waals surface area contributed by atoms with Crippen molar-refractivity contribution in [2.24, 2.45) is 0 Å². The summed E-state index contributed by atoms with van der Waals surface area (Å²) >= 11 is 11.3. The third-order valence-corrected chi connectivity index (χ3v) is 9.34. The van der Waals surface area contributed by atoms with Gasteiger partial charge in [0.2, 0.25) is 0 Å². The van der Waals surface area contributed by atoms with Gasteiger partial charge in [-0.25, -0.2) is 0 Å². The van der Waals surface area contributed by atoms with E-state index in [1.54, 1.807) is 18.4 Å². The van der Waals surface area contributed by atoms with Crippen LogP contribution in [-0.2, 0) is 21.6 Å². The van der Waals surface area contributed by atoms with Crippen molar-refractivity contribution in [3.63, 3.8) is 0 Å². The van der Waals surface area contributed by atoms with Gasteiger partial charge in [-0.15, -0.1) is 0 Å². The van der Waals surface area contributed by atoms with Crippen molar-refractivity contribution in [3.05, 3.63) is 93.5 Å². The van der Waals surface area contributed by atoms with Crippen LogP contribution in [0.25, 0.3) is 0 Å². The predicted molar refractivity (Wildman–Crippen MR) is 166 cm³/mol. The average molecular weight is 632 g/mol. The number of benzene rings is 3. The first-order valence-electron chi connectivity index (χ1n) is 14.1. The Morgan fingerprint density at radius 2 is 1.52 bits per heavy atom. The molecule has 2 aliphatic heterocycles. The number of carbonyl (C=O) groups is 1. The topological polar surface area (TPSA) is 100 Å². The molecule has 2 heterocycles. The van der Waals surface area contributed by atoms with Gasteiger partial charge in [-0.05, 0) is 65.6 Å². The Labute approximate surface area is 260 Å². The van der Waals surface area contributed by atoms with Crippen molar-refractivity contribution >= 4 is 40.3 Å². The minimum Gasteiger partial charge on any atom is -0.612 e. The van der Waals surface area contributed by atoms with Crippen molar-refractivity contribution in [1.29, 1.82) is 0 Å². The van der Waals surface area contributed by atoms with Gasteiger partial charge in [-0.3, -0.25) is 20.3 Å². The molecule has 0 spiro atoms. The fourth-order valence-electron chi connectivity index (χ4n) is 5.78. The van der Waals surface area contributed by atoms with Gasteiger partial charge >= 0.3 is 0 Å². The second-order valence-electron chi connectivity index (χ2n) is 10.5. The number of aliphatic hydroxyl groups excluding tert-OH is 1. The number of hydrogen-bond acceptors (Lipinski definition) is 7. The number of piperazine rings is 1. The zero-order chi connectivity index (χ0) is 29.9. The molecule has 0 aliphatic carbocycles. The Morgan fingerprint density at radius 1 is 0.976 bits per heavy atom. The minimum atomic E-state index is -1.37. The fourth-order valence-corrected chi connectivity index (χ4v) is 6.56. The van der Waals surface area contributed by atoms with Gasteiger partial charge in [0.15, 0.2) is 10.6 Å². The van der Waals surface area contributed by atoms with Crippen molar-refractivity contribution in [2.75, 3.05) is 52.2 Å². The van der Waals surface area contributed by atoms with Crippen LogP contribution in [0.15, 0.2) is 71.6 Å². The zero-order valence-electron chi connectivity index (χ0n) is 23.7. The Morgan fingerprint density at radius 3 is 2.00 bits per heavy atom. The van der Waals surface area contributed by atoms with Crippen molar-refractivity contribution < 1.29 is 19.2 Å². The molecule has 0 radical (unpaired) electrons. The summed E-state index contributed by atoms with van der Waals surface area (Å²) in [6, 6.07) is 20.0. The van der Waals surface area contributed by atoms with E-state index in [1.807, 2.05) is 66.4 Å². The zero-order valence-corrected chi connectivity index (χ0v) is 26.0. The molecule has 8 nitrogen and oxygen atoms in total. The Bertz CT molecular complexity index is 1310.